The molecule has 1 heterocycles. The fraction of sp³-hybridized carbons (Fsp3) is 0.294. The number of carbonyl (C=O) groups is 1. The number of para-hydroxylation sites is 2. The molecule has 1 amide bonds. The second-order valence-electron chi connectivity index (χ2n) is 5.14. The maximum Gasteiger partial charge on any atom is 0.277 e. The number of aromatic nitrogens is 1. The monoisotopic (exact) mass is 315 g/mol. The van der Waals surface area contributed by atoms with Crippen LogP contribution in [-0.2, 0) is 4.79 Å². The molecule has 6 nitrogen and oxygen atoms in total. The van der Waals surface area contributed by atoms with E-state index in [9.17, 15) is 4.79 Å². The molecule has 122 valence electrons. The summed E-state index contributed by atoms with van der Waals surface area (Å²) >= 11 is 0. The van der Waals surface area contributed by atoms with Crippen molar-refractivity contribution in [1.29, 1.82) is 0 Å². The minimum atomic E-state index is -0.332. The summed E-state index contributed by atoms with van der Waals surface area (Å²) in [5, 5.41) is 4.13. The van der Waals surface area contributed by atoms with E-state index in [1.165, 1.54) is 0 Å². The highest BCUT2D eigenvalue weighted by atomic mass is 16.5. The van der Waals surface area contributed by atoms with Crippen LogP contribution in [0.2, 0.25) is 0 Å². The molecule has 0 saturated heterocycles. The van der Waals surface area contributed by atoms with Crippen molar-refractivity contribution in [1.82, 2.24) is 10.4 Å². The number of nitrogens with one attached hydrogen (secondary N) is 2. The van der Waals surface area contributed by atoms with Gasteiger partial charge in [-0.3, -0.25) is 4.79 Å². The molecule has 0 aliphatic rings. The lowest BCUT2D eigenvalue weighted by atomic mass is 10.1. The smallest absolute Gasteiger partial charge is 0.277 e. The van der Waals surface area contributed by atoms with Gasteiger partial charge in [-0.1, -0.05) is 12.1 Å². The number of hydrogen-bond donors (Lipinski definition) is 2. The maximum absolute atomic E-state index is 11.9. The Kier molecular flexibility index (Phi) is 5.41. The largest absolute Gasteiger partial charge is 0.493 e. The number of hydrogen-bond acceptors (Lipinski definition) is 4. The third-order valence-corrected chi connectivity index (χ3v) is 3.41. The number of carbonyl (C=O) groups excluding carboxylic acids is 1. The van der Waals surface area contributed by atoms with Crippen LogP contribution in [0.3, 0.4) is 0 Å². The number of aryl methyl sites for hydroxylation is 2. The third kappa shape index (κ3) is 4.12. The summed E-state index contributed by atoms with van der Waals surface area (Å²) in [6.45, 7) is 5.67. The molecule has 23 heavy (non-hydrogen) atoms. The minimum absolute atomic E-state index is 0.137. The van der Waals surface area contributed by atoms with E-state index in [-0.39, 0.29) is 12.5 Å². The van der Waals surface area contributed by atoms with Gasteiger partial charge in [0.05, 0.1) is 12.8 Å². The first kappa shape index (κ1) is 16.6. The molecule has 0 unspecified atom stereocenters. The van der Waals surface area contributed by atoms with Gasteiger partial charge in [0.15, 0.2) is 18.1 Å². The van der Waals surface area contributed by atoms with Crippen LogP contribution < -0.4 is 14.9 Å². The van der Waals surface area contributed by atoms with Gasteiger partial charge in [-0.25, -0.2) is 5.43 Å². The molecule has 6 heteroatoms. The molecule has 2 rings (SSSR count). The molecule has 0 radical (unpaired) electrons. The average molecular weight is 315 g/mol. The number of rotatable bonds is 6. The van der Waals surface area contributed by atoms with E-state index in [4.69, 9.17) is 9.47 Å². The third-order valence-electron chi connectivity index (χ3n) is 3.41. The molecule has 1 aromatic heterocycles. The molecular weight excluding hydrogens is 294 g/mol. The van der Waals surface area contributed by atoms with E-state index in [0.717, 1.165) is 22.5 Å². The van der Waals surface area contributed by atoms with Crippen molar-refractivity contribution in [2.75, 3.05) is 13.7 Å². The molecule has 2 N–H and O–H groups in total. The highest BCUT2D eigenvalue weighted by Gasteiger charge is 2.09. The van der Waals surface area contributed by atoms with Gasteiger partial charge in [-0.05, 0) is 38.5 Å². The molecule has 0 bridgehead atoms. The Labute approximate surface area is 135 Å². The average Bonchev–Trinajstić information content (AvgIpc) is 2.89. The summed E-state index contributed by atoms with van der Waals surface area (Å²) in [4.78, 5) is 15.0. The van der Waals surface area contributed by atoms with Crippen molar-refractivity contribution in [3.05, 3.63) is 47.3 Å². The number of H-pyrrole nitrogens is 1. The highest BCUT2D eigenvalue weighted by molar-refractivity contribution is 6.01. The first-order valence-corrected chi connectivity index (χ1v) is 7.26. The van der Waals surface area contributed by atoms with Crippen molar-refractivity contribution >= 4 is 11.6 Å². The van der Waals surface area contributed by atoms with Crippen LogP contribution in [0.1, 0.15) is 23.7 Å². The Morgan fingerprint density at radius 2 is 1.96 bits per heavy atom. The van der Waals surface area contributed by atoms with Crippen LogP contribution in [-0.4, -0.2) is 30.3 Å². The van der Waals surface area contributed by atoms with Crippen LogP contribution in [0.25, 0.3) is 0 Å². The van der Waals surface area contributed by atoms with Crippen molar-refractivity contribution in [3.63, 3.8) is 0 Å². The zero-order valence-electron chi connectivity index (χ0n) is 13.8. The van der Waals surface area contributed by atoms with Gasteiger partial charge < -0.3 is 14.5 Å². The van der Waals surface area contributed by atoms with Gasteiger partial charge in [0.25, 0.3) is 5.91 Å². The number of hydrazone groups is 1. The molecule has 0 atom stereocenters. The maximum atomic E-state index is 11.9. The van der Waals surface area contributed by atoms with E-state index in [1.807, 2.05) is 39.1 Å². The first-order valence-electron chi connectivity index (χ1n) is 7.26. The number of ether oxygens (including phenoxy) is 2. The summed E-state index contributed by atoms with van der Waals surface area (Å²) in [7, 11) is 1.55. The summed E-state index contributed by atoms with van der Waals surface area (Å²) in [6, 6.07) is 7.16. The van der Waals surface area contributed by atoms with Crippen molar-refractivity contribution in [3.8, 4) is 11.5 Å². The number of amides is 1. The van der Waals surface area contributed by atoms with Gasteiger partial charge in [0.1, 0.15) is 0 Å². The highest BCUT2D eigenvalue weighted by Crippen LogP contribution is 2.25. The number of methoxy groups -OCH3 is 1. The summed E-state index contributed by atoms with van der Waals surface area (Å²) < 4.78 is 10.6. The number of nitrogens with zero attached hydrogens (tertiary/aromatic N) is 1. The Morgan fingerprint density at radius 3 is 2.57 bits per heavy atom. The van der Waals surface area contributed by atoms with Crippen LogP contribution in [0.15, 0.2) is 35.6 Å². The predicted octanol–water partition coefficient (Wildman–Crippen LogP) is 2.56. The van der Waals surface area contributed by atoms with Crippen molar-refractivity contribution < 1.29 is 14.3 Å². The lowest BCUT2D eigenvalue weighted by molar-refractivity contribution is -0.123. The quantitative estimate of drug-likeness (QED) is 0.635. The summed E-state index contributed by atoms with van der Waals surface area (Å²) in [5.41, 5.74) is 6.36. The standard InChI is InChI=1S/C17H21N3O3/c1-11-9-18-12(2)17(11)13(3)19-20-16(21)10-23-15-8-6-5-7-14(15)22-4/h5-9,18H,10H2,1-4H3,(H,20,21)/b19-13+. The number of aromatic amines is 1. The van der Waals surface area contributed by atoms with E-state index >= 15 is 0 Å². The van der Waals surface area contributed by atoms with E-state index < -0.39 is 0 Å². The van der Waals surface area contributed by atoms with Crippen molar-refractivity contribution in [2.24, 2.45) is 5.10 Å². The molecule has 0 fully saturated rings. The van der Waals surface area contributed by atoms with Gasteiger partial charge >= 0.3 is 0 Å². The zero-order chi connectivity index (χ0) is 16.8. The molecule has 1 aromatic carbocycles. The molecular formula is C17H21N3O3. The lowest BCUT2D eigenvalue weighted by Gasteiger charge is -2.09. The Bertz CT molecular complexity index is 700. The van der Waals surface area contributed by atoms with Crippen molar-refractivity contribution in [2.45, 2.75) is 20.8 Å². The van der Waals surface area contributed by atoms with Gasteiger partial charge in [0, 0.05) is 17.5 Å². The topological polar surface area (TPSA) is 75.7 Å². The number of benzene rings is 1. The van der Waals surface area contributed by atoms with E-state index in [1.54, 1.807) is 19.2 Å². The summed E-state index contributed by atoms with van der Waals surface area (Å²) in [5.74, 6) is 0.767. The van der Waals surface area contributed by atoms with Crippen LogP contribution in [0, 0.1) is 13.8 Å². The zero-order valence-corrected chi connectivity index (χ0v) is 13.8. The van der Waals surface area contributed by atoms with Crippen LogP contribution in [0.5, 0.6) is 11.5 Å². The molecule has 2 aromatic rings. The SMILES string of the molecule is COc1ccccc1OCC(=O)N/N=C(\C)c1c(C)c[nH]c1C. The molecule has 0 aliphatic carbocycles. The summed E-state index contributed by atoms with van der Waals surface area (Å²) in [6.07, 6.45) is 1.91. The Morgan fingerprint density at radius 1 is 1.26 bits per heavy atom. The van der Waals surface area contributed by atoms with Crippen LogP contribution in [0.4, 0.5) is 0 Å². The Balaban J connectivity index is 1.94. The Hall–Kier alpha value is -2.76. The van der Waals surface area contributed by atoms with Gasteiger partial charge in [-0.2, -0.15) is 5.10 Å². The van der Waals surface area contributed by atoms with Crippen LogP contribution >= 0.6 is 0 Å². The molecule has 0 aliphatic heterocycles. The predicted molar refractivity (Wildman–Crippen MR) is 89.1 cm³/mol. The normalized spacial score (nSPS) is 11.2. The van der Waals surface area contributed by atoms with E-state index in [2.05, 4.69) is 15.5 Å². The lowest BCUT2D eigenvalue weighted by Crippen LogP contribution is -2.25. The fourth-order valence-electron chi connectivity index (χ4n) is 2.33. The second kappa shape index (κ2) is 7.49. The molecule has 0 spiro atoms. The van der Waals surface area contributed by atoms with Gasteiger partial charge in [0.2, 0.25) is 0 Å². The van der Waals surface area contributed by atoms with Gasteiger partial charge in [-0.15, -0.1) is 0 Å². The van der Waals surface area contributed by atoms with E-state index in [0.29, 0.717) is 11.5 Å². The molecule has 0 saturated carbocycles. The first-order chi connectivity index (χ1) is 11.0. The fourth-order valence-corrected chi connectivity index (χ4v) is 2.33. The minimum Gasteiger partial charge on any atom is -0.493 e. The second-order valence-corrected chi connectivity index (χ2v) is 5.14.